The summed E-state index contributed by atoms with van der Waals surface area (Å²) in [5.74, 6) is -1.21. The van der Waals surface area contributed by atoms with Crippen LogP contribution >= 0.6 is 22.9 Å². The predicted octanol–water partition coefficient (Wildman–Crippen LogP) is 2.68. The molecule has 1 aromatic carbocycles. The summed E-state index contributed by atoms with van der Waals surface area (Å²) in [7, 11) is 0. The number of carbonyl (C=O) groups excluding carboxylic acids is 3. The summed E-state index contributed by atoms with van der Waals surface area (Å²) in [5.41, 5.74) is 0.973. The van der Waals surface area contributed by atoms with Gasteiger partial charge in [0.05, 0.1) is 10.9 Å². The van der Waals surface area contributed by atoms with Crippen molar-refractivity contribution >= 4 is 40.7 Å². The van der Waals surface area contributed by atoms with Gasteiger partial charge in [-0.25, -0.2) is 0 Å². The minimum atomic E-state index is -0.685. The molecule has 9 heteroatoms. The minimum Gasteiger partial charge on any atom is -0.466 e. The molecule has 1 aromatic heterocycles. The fourth-order valence-corrected chi connectivity index (χ4v) is 4.63. The van der Waals surface area contributed by atoms with Gasteiger partial charge in [-0.15, -0.1) is 11.3 Å². The number of rotatable bonds is 8. The van der Waals surface area contributed by atoms with Gasteiger partial charge in [0.25, 0.3) is 0 Å². The molecule has 0 radical (unpaired) electrons. The molecular formula is C22H26ClN3O4S. The molecule has 0 aliphatic carbocycles. The van der Waals surface area contributed by atoms with Gasteiger partial charge in [-0.2, -0.15) is 0 Å². The predicted molar refractivity (Wildman–Crippen MR) is 120 cm³/mol. The molecule has 0 bridgehead atoms. The largest absolute Gasteiger partial charge is 0.466 e. The van der Waals surface area contributed by atoms with Crippen LogP contribution in [0.1, 0.15) is 23.8 Å². The first-order valence-corrected chi connectivity index (χ1v) is 11.4. The highest BCUT2D eigenvalue weighted by Gasteiger charge is 2.36. The molecule has 0 saturated carbocycles. The Morgan fingerprint density at radius 1 is 1.16 bits per heavy atom. The maximum atomic E-state index is 13.0. The van der Waals surface area contributed by atoms with Gasteiger partial charge in [0.15, 0.2) is 0 Å². The molecule has 0 spiro atoms. The Kier molecular flexibility index (Phi) is 8.45. The Morgan fingerprint density at radius 3 is 2.61 bits per heavy atom. The van der Waals surface area contributed by atoms with Gasteiger partial charge < -0.3 is 15.0 Å². The normalized spacial score (nSPS) is 16.7. The number of esters is 1. The van der Waals surface area contributed by atoms with Gasteiger partial charge in [0, 0.05) is 37.6 Å². The van der Waals surface area contributed by atoms with Gasteiger partial charge in [-0.1, -0.05) is 41.9 Å². The molecule has 166 valence electrons. The van der Waals surface area contributed by atoms with Crippen LogP contribution in [-0.2, 0) is 32.2 Å². The first kappa shape index (κ1) is 23.2. The Bertz CT molecular complexity index is 905. The third-order valence-corrected chi connectivity index (χ3v) is 6.22. The van der Waals surface area contributed by atoms with Gasteiger partial charge >= 0.3 is 5.97 Å². The molecule has 2 amide bonds. The Balaban J connectivity index is 1.68. The second kappa shape index (κ2) is 11.3. The molecule has 3 rings (SSSR count). The number of carbonyl (C=O) groups is 3. The van der Waals surface area contributed by atoms with Crippen molar-refractivity contribution in [2.75, 3.05) is 26.2 Å². The molecule has 31 heavy (non-hydrogen) atoms. The first-order chi connectivity index (χ1) is 15.0. The number of hydrogen-bond donors (Lipinski definition) is 1. The number of nitrogens with one attached hydrogen (secondary N) is 1. The van der Waals surface area contributed by atoms with Gasteiger partial charge in [-0.05, 0) is 24.6 Å². The lowest BCUT2D eigenvalue weighted by molar-refractivity contribution is -0.153. The zero-order valence-corrected chi connectivity index (χ0v) is 19.0. The number of nitrogens with zero attached hydrogens (tertiary/aromatic N) is 2. The Hall–Kier alpha value is -2.42. The molecular weight excluding hydrogens is 438 g/mol. The summed E-state index contributed by atoms with van der Waals surface area (Å²) in [6, 6.07) is 12.7. The maximum absolute atomic E-state index is 13.0. The van der Waals surface area contributed by atoms with Crippen LogP contribution in [0.3, 0.4) is 0 Å². The fourth-order valence-electron chi connectivity index (χ4n) is 3.50. The SMILES string of the molecule is CCOC(=O)CC(=O)N1CCN(Cc2ccc(Cl)s2)CC1C(=O)NCc1ccccc1. The number of halogens is 1. The van der Waals surface area contributed by atoms with E-state index in [0.717, 1.165) is 14.8 Å². The van der Waals surface area contributed by atoms with Gasteiger partial charge in [0.1, 0.15) is 12.5 Å². The summed E-state index contributed by atoms with van der Waals surface area (Å²) in [6.07, 6.45) is -0.364. The fraction of sp³-hybridized carbons (Fsp3) is 0.409. The number of piperazine rings is 1. The summed E-state index contributed by atoms with van der Waals surface area (Å²) in [4.78, 5) is 42.3. The summed E-state index contributed by atoms with van der Waals surface area (Å²) < 4.78 is 5.62. The van der Waals surface area contributed by atoms with E-state index >= 15 is 0 Å². The van der Waals surface area contributed by atoms with Crippen LogP contribution in [0.5, 0.6) is 0 Å². The van der Waals surface area contributed by atoms with E-state index in [2.05, 4.69) is 10.2 Å². The second-order valence-electron chi connectivity index (χ2n) is 7.23. The van der Waals surface area contributed by atoms with Crippen LogP contribution < -0.4 is 5.32 Å². The number of benzene rings is 1. The van der Waals surface area contributed by atoms with Crippen LogP contribution in [0, 0.1) is 0 Å². The van der Waals surface area contributed by atoms with Gasteiger partial charge in [0.2, 0.25) is 11.8 Å². The number of amides is 2. The molecule has 1 N–H and O–H groups in total. The third-order valence-electron chi connectivity index (χ3n) is 5.01. The van der Waals surface area contributed by atoms with Crippen LogP contribution in [0.2, 0.25) is 4.34 Å². The van der Waals surface area contributed by atoms with Gasteiger partial charge in [-0.3, -0.25) is 19.3 Å². The lowest BCUT2D eigenvalue weighted by Crippen LogP contribution is -2.60. The van der Waals surface area contributed by atoms with E-state index in [-0.39, 0.29) is 18.9 Å². The Morgan fingerprint density at radius 2 is 1.94 bits per heavy atom. The van der Waals surface area contributed by atoms with Crippen molar-refractivity contribution in [3.05, 3.63) is 57.2 Å². The number of hydrogen-bond acceptors (Lipinski definition) is 6. The molecule has 1 aliphatic heterocycles. The van der Waals surface area contributed by atoms with Crippen LogP contribution in [0.4, 0.5) is 0 Å². The topological polar surface area (TPSA) is 79.0 Å². The second-order valence-corrected chi connectivity index (χ2v) is 9.03. The standard InChI is InChI=1S/C22H26ClN3O4S/c1-2-30-21(28)12-20(27)26-11-10-25(14-17-8-9-19(23)31-17)15-18(26)22(29)24-13-16-6-4-3-5-7-16/h3-9,18H,2,10-15H2,1H3,(H,24,29). The average Bonchev–Trinajstić information content (AvgIpc) is 3.17. The third kappa shape index (κ3) is 6.78. The van der Waals surface area contributed by atoms with E-state index in [4.69, 9.17) is 16.3 Å². The summed E-state index contributed by atoms with van der Waals surface area (Å²) in [6.45, 7) is 4.27. The average molecular weight is 464 g/mol. The van der Waals surface area contributed by atoms with Crippen molar-refractivity contribution in [1.29, 1.82) is 0 Å². The van der Waals surface area contributed by atoms with E-state index in [1.807, 2.05) is 42.5 Å². The van der Waals surface area contributed by atoms with E-state index in [1.54, 1.807) is 6.92 Å². The van der Waals surface area contributed by atoms with Crippen LogP contribution in [0.15, 0.2) is 42.5 Å². The molecule has 1 saturated heterocycles. The zero-order valence-electron chi connectivity index (χ0n) is 17.4. The van der Waals surface area contributed by atoms with Crippen LogP contribution in [-0.4, -0.2) is 59.9 Å². The lowest BCUT2D eigenvalue weighted by Gasteiger charge is -2.40. The summed E-state index contributed by atoms with van der Waals surface area (Å²) in [5, 5.41) is 2.93. The highest BCUT2D eigenvalue weighted by Crippen LogP contribution is 2.24. The number of thiophene rings is 1. The van der Waals surface area contributed by atoms with E-state index in [0.29, 0.717) is 32.7 Å². The quantitative estimate of drug-likeness (QED) is 0.481. The zero-order chi connectivity index (χ0) is 22.2. The first-order valence-electron chi connectivity index (χ1n) is 10.2. The van der Waals surface area contributed by atoms with Crippen molar-refractivity contribution in [2.45, 2.75) is 32.5 Å². The highest BCUT2D eigenvalue weighted by molar-refractivity contribution is 7.16. The van der Waals surface area contributed by atoms with E-state index in [9.17, 15) is 14.4 Å². The van der Waals surface area contributed by atoms with Crippen molar-refractivity contribution in [3.8, 4) is 0 Å². The lowest BCUT2D eigenvalue weighted by atomic mass is 10.1. The molecule has 1 fully saturated rings. The van der Waals surface area contributed by atoms with Crippen molar-refractivity contribution < 1.29 is 19.1 Å². The molecule has 1 unspecified atom stereocenters. The highest BCUT2D eigenvalue weighted by atomic mass is 35.5. The van der Waals surface area contributed by atoms with Crippen molar-refractivity contribution in [3.63, 3.8) is 0 Å². The van der Waals surface area contributed by atoms with Crippen molar-refractivity contribution in [1.82, 2.24) is 15.1 Å². The summed E-state index contributed by atoms with van der Waals surface area (Å²) >= 11 is 7.54. The monoisotopic (exact) mass is 463 g/mol. The number of ether oxygens (including phenoxy) is 1. The molecule has 2 heterocycles. The van der Waals surface area contributed by atoms with Crippen molar-refractivity contribution in [2.24, 2.45) is 0 Å². The van der Waals surface area contributed by atoms with Crippen LogP contribution in [0.25, 0.3) is 0 Å². The van der Waals surface area contributed by atoms with E-state index < -0.39 is 17.9 Å². The Labute approximate surface area is 190 Å². The molecule has 1 atom stereocenters. The molecule has 1 aliphatic rings. The smallest absolute Gasteiger partial charge is 0.315 e. The van der Waals surface area contributed by atoms with E-state index in [1.165, 1.54) is 16.2 Å². The molecule has 2 aromatic rings. The minimum absolute atomic E-state index is 0.213. The molecule has 7 nitrogen and oxygen atoms in total. The maximum Gasteiger partial charge on any atom is 0.315 e.